The summed E-state index contributed by atoms with van der Waals surface area (Å²) in [4.78, 5) is 11.8. The van der Waals surface area contributed by atoms with Gasteiger partial charge in [-0.1, -0.05) is 12.5 Å². The van der Waals surface area contributed by atoms with E-state index in [0.717, 1.165) is 44.4 Å². The molecule has 4 rings (SSSR count). The summed E-state index contributed by atoms with van der Waals surface area (Å²) in [6.45, 7) is 2.15. The summed E-state index contributed by atoms with van der Waals surface area (Å²) < 4.78 is 0. The Hall–Kier alpha value is -1.07. The Labute approximate surface area is 139 Å². The molecule has 0 bridgehead atoms. The number of allylic oxidation sites excluding steroid dienone is 1. The van der Waals surface area contributed by atoms with E-state index < -0.39 is 0 Å². The number of terminal acetylenes is 1. The second-order valence-electron chi connectivity index (χ2n) is 8.44. The third-order valence-corrected chi connectivity index (χ3v) is 7.90. The molecule has 2 heteroatoms. The van der Waals surface area contributed by atoms with Crippen molar-refractivity contribution in [3.05, 3.63) is 11.6 Å². The van der Waals surface area contributed by atoms with E-state index in [4.69, 9.17) is 6.42 Å². The average molecular weight is 312 g/mol. The van der Waals surface area contributed by atoms with Gasteiger partial charge in [0.2, 0.25) is 0 Å². The van der Waals surface area contributed by atoms with Crippen LogP contribution in [0.3, 0.4) is 0 Å². The summed E-state index contributed by atoms with van der Waals surface area (Å²) in [5.41, 5.74) is 1.39. The van der Waals surface area contributed by atoms with Crippen molar-refractivity contribution in [2.75, 3.05) is 0 Å². The molecule has 0 aromatic carbocycles. The van der Waals surface area contributed by atoms with Crippen LogP contribution in [-0.2, 0) is 4.79 Å². The molecule has 2 nitrogen and oxygen atoms in total. The van der Waals surface area contributed by atoms with Gasteiger partial charge < -0.3 is 5.11 Å². The third kappa shape index (κ3) is 2.09. The van der Waals surface area contributed by atoms with E-state index in [1.54, 1.807) is 0 Å². The van der Waals surface area contributed by atoms with E-state index in [2.05, 4.69) is 12.8 Å². The molecule has 0 spiro atoms. The Bertz CT molecular complexity index is 583. The quantitative estimate of drug-likeness (QED) is 0.749. The Balaban J connectivity index is 1.66. The summed E-state index contributed by atoms with van der Waals surface area (Å²) in [6.07, 6.45) is 15.9. The van der Waals surface area contributed by atoms with Gasteiger partial charge in [-0.2, -0.15) is 0 Å². The fourth-order valence-electron chi connectivity index (χ4n) is 6.86. The van der Waals surface area contributed by atoms with E-state index in [1.165, 1.54) is 18.4 Å². The molecule has 0 amide bonds. The first-order chi connectivity index (χ1) is 11.1. The smallest absolute Gasteiger partial charge is 0.155 e. The highest BCUT2D eigenvalue weighted by molar-refractivity contribution is 5.91. The van der Waals surface area contributed by atoms with Crippen molar-refractivity contribution >= 4 is 5.78 Å². The Morgan fingerprint density at radius 1 is 1.22 bits per heavy atom. The molecule has 124 valence electrons. The van der Waals surface area contributed by atoms with Crippen molar-refractivity contribution in [1.82, 2.24) is 0 Å². The number of hydrogen-bond acceptors (Lipinski definition) is 2. The molecule has 7 atom stereocenters. The van der Waals surface area contributed by atoms with Crippen LogP contribution in [0, 0.1) is 47.3 Å². The lowest BCUT2D eigenvalue weighted by Crippen LogP contribution is -2.51. The van der Waals surface area contributed by atoms with Crippen molar-refractivity contribution < 1.29 is 9.90 Å². The first-order valence-electron chi connectivity index (χ1n) is 9.45. The molecule has 0 heterocycles. The predicted molar refractivity (Wildman–Crippen MR) is 90.4 cm³/mol. The second-order valence-corrected chi connectivity index (χ2v) is 8.44. The number of fused-ring (bicyclic) bond motifs is 5. The highest BCUT2D eigenvalue weighted by Gasteiger charge is 2.60. The van der Waals surface area contributed by atoms with Crippen molar-refractivity contribution in [1.29, 1.82) is 0 Å². The van der Waals surface area contributed by atoms with Crippen LogP contribution in [0.5, 0.6) is 0 Å². The minimum Gasteiger partial charge on any atom is -0.392 e. The summed E-state index contributed by atoms with van der Waals surface area (Å²) in [5.74, 6) is 6.10. The van der Waals surface area contributed by atoms with Gasteiger partial charge >= 0.3 is 0 Å². The Morgan fingerprint density at radius 2 is 2.04 bits per heavy atom. The molecule has 3 fully saturated rings. The second kappa shape index (κ2) is 5.49. The number of aliphatic hydroxyl groups excluding tert-OH is 1. The van der Waals surface area contributed by atoms with Crippen LogP contribution >= 0.6 is 0 Å². The molecule has 1 N–H and O–H groups in total. The average Bonchev–Trinajstić information content (AvgIpc) is 2.91. The molecule has 4 aliphatic rings. The normalized spacial score (nSPS) is 46.9. The monoisotopic (exact) mass is 312 g/mol. The zero-order valence-corrected chi connectivity index (χ0v) is 14.1. The van der Waals surface area contributed by atoms with Crippen molar-refractivity contribution in [3.63, 3.8) is 0 Å². The highest BCUT2D eigenvalue weighted by atomic mass is 16.3. The molecular formula is C21H28O2. The molecule has 0 radical (unpaired) electrons. The fourth-order valence-corrected chi connectivity index (χ4v) is 6.86. The largest absolute Gasteiger partial charge is 0.392 e. The molecule has 4 aliphatic carbocycles. The summed E-state index contributed by atoms with van der Waals surface area (Å²) in [5, 5.41) is 10.8. The van der Waals surface area contributed by atoms with E-state index in [9.17, 15) is 9.90 Å². The topological polar surface area (TPSA) is 37.3 Å². The van der Waals surface area contributed by atoms with Crippen molar-refractivity contribution in [2.45, 2.75) is 64.4 Å². The molecule has 0 aromatic heterocycles. The van der Waals surface area contributed by atoms with Gasteiger partial charge in [0.1, 0.15) is 0 Å². The molecule has 3 saturated carbocycles. The molecule has 0 saturated heterocycles. The standard InChI is InChI=1S/C21H28O2/c1-3-13(2)21-11-10-17-16-7-5-15(22)12-14(16)4-6-18(17)19(21)8-9-20(21)23/h1,12-13,16-20,23H,4-11H2,2H3/t13?,16-,17+,18+,19-,20-,21+/m0/s1. The van der Waals surface area contributed by atoms with Crippen LogP contribution in [0.1, 0.15) is 58.3 Å². The third-order valence-electron chi connectivity index (χ3n) is 7.90. The summed E-state index contributed by atoms with van der Waals surface area (Å²) >= 11 is 0. The van der Waals surface area contributed by atoms with Gasteiger partial charge in [0.05, 0.1) is 6.10 Å². The van der Waals surface area contributed by atoms with Crippen LogP contribution in [0.4, 0.5) is 0 Å². The minimum atomic E-state index is -0.218. The molecular weight excluding hydrogens is 284 g/mol. The number of ketones is 1. The Kier molecular flexibility index (Phi) is 3.69. The van der Waals surface area contributed by atoms with Crippen LogP contribution in [0.2, 0.25) is 0 Å². The number of carbonyl (C=O) groups excluding carboxylic acids is 1. The summed E-state index contributed by atoms with van der Waals surface area (Å²) in [7, 11) is 0. The minimum absolute atomic E-state index is 0.0401. The maximum atomic E-state index is 11.8. The summed E-state index contributed by atoms with van der Waals surface area (Å²) in [6, 6.07) is 0. The Morgan fingerprint density at radius 3 is 2.83 bits per heavy atom. The maximum absolute atomic E-state index is 11.8. The SMILES string of the molecule is C#CC(C)[C@]12CC[C@H]3[C@@H](CCC4=CC(=O)CC[C@@H]43)[C@@H]1CC[C@@H]2O. The van der Waals surface area contributed by atoms with Gasteiger partial charge in [0.15, 0.2) is 5.78 Å². The van der Waals surface area contributed by atoms with E-state index in [0.29, 0.717) is 23.5 Å². The molecule has 0 aliphatic heterocycles. The van der Waals surface area contributed by atoms with Gasteiger partial charge in [0, 0.05) is 17.8 Å². The number of carbonyl (C=O) groups is 1. The zero-order chi connectivity index (χ0) is 16.2. The van der Waals surface area contributed by atoms with Gasteiger partial charge in [-0.15, -0.1) is 12.3 Å². The first kappa shape index (κ1) is 15.5. The van der Waals surface area contributed by atoms with Crippen molar-refractivity contribution in [2.24, 2.45) is 35.0 Å². The van der Waals surface area contributed by atoms with Gasteiger partial charge in [0.25, 0.3) is 0 Å². The maximum Gasteiger partial charge on any atom is 0.155 e. The van der Waals surface area contributed by atoms with Crippen LogP contribution < -0.4 is 0 Å². The number of aliphatic hydroxyl groups is 1. The highest BCUT2D eigenvalue weighted by Crippen LogP contribution is 2.64. The first-order valence-corrected chi connectivity index (χ1v) is 9.45. The van der Waals surface area contributed by atoms with E-state index in [-0.39, 0.29) is 17.4 Å². The van der Waals surface area contributed by atoms with Crippen LogP contribution in [0.25, 0.3) is 0 Å². The lowest BCUT2D eigenvalue weighted by atomic mass is 9.49. The van der Waals surface area contributed by atoms with Crippen LogP contribution in [0.15, 0.2) is 11.6 Å². The van der Waals surface area contributed by atoms with Gasteiger partial charge in [-0.3, -0.25) is 4.79 Å². The lowest BCUT2D eigenvalue weighted by molar-refractivity contribution is -0.116. The molecule has 1 unspecified atom stereocenters. The van der Waals surface area contributed by atoms with E-state index >= 15 is 0 Å². The van der Waals surface area contributed by atoms with Crippen LogP contribution in [-0.4, -0.2) is 17.0 Å². The number of hydrogen-bond donors (Lipinski definition) is 1. The van der Waals surface area contributed by atoms with Gasteiger partial charge in [-0.25, -0.2) is 0 Å². The predicted octanol–water partition coefficient (Wildman–Crippen LogP) is 3.74. The van der Waals surface area contributed by atoms with Gasteiger partial charge in [-0.05, 0) is 74.7 Å². The zero-order valence-electron chi connectivity index (χ0n) is 14.1. The fraction of sp³-hybridized carbons (Fsp3) is 0.762. The van der Waals surface area contributed by atoms with E-state index in [1.807, 2.05) is 6.08 Å². The lowest BCUT2D eigenvalue weighted by Gasteiger charge is -2.55. The number of rotatable bonds is 1. The molecule has 23 heavy (non-hydrogen) atoms. The molecule has 0 aromatic rings. The van der Waals surface area contributed by atoms with Crippen molar-refractivity contribution in [3.8, 4) is 12.3 Å².